The Bertz CT molecular complexity index is 1020. The lowest BCUT2D eigenvalue weighted by Gasteiger charge is -2.18. The highest BCUT2D eigenvalue weighted by molar-refractivity contribution is 7.89. The lowest BCUT2D eigenvalue weighted by Crippen LogP contribution is -2.44. The molecule has 5 rings (SSSR count). The molecule has 2 heterocycles. The van der Waals surface area contributed by atoms with Gasteiger partial charge in [0.1, 0.15) is 6.61 Å². The average Bonchev–Trinajstić information content (AvgIpc) is 3.59. The molecule has 2 unspecified atom stereocenters. The predicted octanol–water partition coefficient (Wildman–Crippen LogP) is 2.60. The third-order valence-electron chi connectivity index (χ3n) is 5.54. The number of epoxide rings is 1. The number of fused-ring (bicyclic) bond motifs is 1. The van der Waals surface area contributed by atoms with Crippen molar-refractivity contribution in [2.45, 2.75) is 37.8 Å². The summed E-state index contributed by atoms with van der Waals surface area (Å²) in [5.41, 5.74) is 3.03. The summed E-state index contributed by atoms with van der Waals surface area (Å²) in [5, 5.41) is 3.41. The Labute approximate surface area is 169 Å². The van der Waals surface area contributed by atoms with Crippen LogP contribution in [0.2, 0.25) is 0 Å². The molecule has 0 radical (unpaired) electrons. The molecule has 1 saturated heterocycles. The van der Waals surface area contributed by atoms with E-state index >= 15 is 0 Å². The first kappa shape index (κ1) is 19.0. The van der Waals surface area contributed by atoms with E-state index in [2.05, 4.69) is 22.2 Å². The number of nitrogens with one attached hydrogen (secondary N) is 2. The van der Waals surface area contributed by atoms with Crippen LogP contribution in [0.1, 0.15) is 35.6 Å². The van der Waals surface area contributed by atoms with E-state index in [-0.39, 0.29) is 30.1 Å². The number of sulfonamides is 1. The zero-order valence-corrected chi connectivity index (χ0v) is 16.7. The zero-order chi connectivity index (χ0) is 20.1. The monoisotopic (exact) mass is 418 g/mol. The van der Waals surface area contributed by atoms with Gasteiger partial charge in [-0.1, -0.05) is 30.3 Å². The van der Waals surface area contributed by atoms with E-state index in [9.17, 15) is 12.8 Å². The molecule has 29 heavy (non-hydrogen) atoms. The van der Waals surface area contributed by atoms with Gasteiger partial charge >= 0.3 is 5.91 Å². The van der Waals surface area contributed by atoms with Gasteiger partial charge in [0.25, 0.3) is 0 Å². The van der Waals surface area contributed by atoms with E-state index < -0.39 is 21.8 Å². The van der Waals surface area contributed by atoms with Crippen LogP contribution in [0.5, 0.6) is 5.75 Å². The van der Waals surface area contributed by atoms with Gasteiger partial charge in [-0.3, -0.25) is 0 Å². The highest BCUT2D eigenvalue weighted by Gasteiger charge is 2.52. The van der Waals surface area contributed by atoms with Gasteiger partial charge in [-0.15, -0.1) is 4.72 Å². The fourth-order valence-electron chi connectivity index (χ4n) is 3.80. The van der Waals surface area contributed by atoms with Gasteiger partial charge in [0, 0.05) is 12.6 Å². The van der Waals surface area contributed by atoms with Crippen LogP contribution >= 0.6 is 0 Å². The maximum Gasteiger partial charge on any atom is 0.308 e. The maximum absolute atomic E-state index is 14.6. The average molecular weight is 418 g/mol. The van der Waals surface area contributed by atoms with Crippen LogP contribution in [0.15, 0.2) is 42.5 Å². The van der Waals surface area contributed by atoms with Crippen molar-refractivity contribution in [2.24, 2.45) is 5.92 Å². The summed E-state index contributed by atoms with van der Waals surface area (Å²) < 4.78 is 52.6. The van der Waals surface area contributed by atoms with E-state index in [1.54, 1.807) is 6.07 Å². The molecule has 0 amide bonds. The fourth-order valence-corrected chi connectivity index (χ4v) is 5.47. The number of rotatable bonds is 8. The van der Waals surface area contributed by atoms with E-state index in [1.807, 2.05) is 18.2 Å². The number of hydrogen-bond acceptors (Lipinski definition) is 5. The van der Waals surface area contributed by atoms with E-state index in [0.29, 0.717) is 6.54 Å². The highest BCUT2D eigenvalue weighted by atomic mass is 32.2. The minimum atomic E-state index is -3.54. The Morgan fingerprint density at radius 1 is 1.24 bits per heavy atom. The van der Waals surface area contributed by atoms with Crippen molar-refractivity contribution < 1.29 is 22.3 Å². The van der Waals surface area contributed by atoms with Gasteiger partial charge < -0.3 is 14.8 Å². The largest absolute Gasteiger partial charge is 0.443 e. The molecule has 154 valence electrons. The van der Waals surface area contributed by atoms with Crippen LogP contribution in [0.4, 0.5) is 4.39 Å². The lowest BCUT2D eigenvalue weighted by atomic mass is 9.98. The highest BCUT2D eigenvalue weighted by Crippen LogP contribution is 2.37. The Balaban J connectivity index is 1.34. The third kappa shape index (κ3) is 4.30. The van der Waals surface area contributed by atoms with Crippen LogP contribution in [0, 0.1) is 11.7 Å². The van der Waals surface area contributed by atoms with Crippen LogP contribution in [0.25, 0.3) is 0 Å². The van der Waals surface area contributed by atoms with Crippen LogP contribution in [0.3, 0.4) is 0 Å². The van der Waals surface area contributed by atoms with Gasteiger partial charge in [-0.25, -0.2) is 12.8 Å². The van der Waals surface area contributed by atoms with E-state index in [1.165, 1.54) is 11.6 Å². The van der Waals surface area contributed by atoms with Crippen molar-refractivity contribution in [1.82, 2.24) is 10.0 Å². The molecule has 1 aliphatic carbocycles. The van der Waals surface area contributed by atoms with Crippen LogP contribution in [-0.4, -0.2) is 26.7 Å². The maximum atomic E-state index is 14.6. The lowest BCUT2D eigenvalue weighted by molar-refractivity contribution is 0.0477. The molecule has 6 nitrogen and oxygen atoms in total. The molecular formula is C21H23FN2O4S. The van der Waals surface area contributed by atoms with Gasteiger partial charge in [0.15, 0.2) is 11.6 Å². The van der Waals surface area contributed by atoms with Crippen molar-refractivity contribution in [3.63, 3.8) is 0 Å². The van der Waals surface area contributed by atoms with Crippen LogP contribution < -0.4 is 14.8 Å². The second-order valence-corrected chi connectivity index (χ2v) is 9.84. The zero-order valence-electron chi connectivity index (χ0n) is 15.9. The van der Waals surface area contributed by atoms with Gasteiger partial charge in [0.2, 0.25) is 10.0 Å². The molecule has 0 bridgehead atoms. The molecule has 1 saturated carbocycles. The number of hydrogen-bond donors (Lipinski definition) is 2. The van der Waals surface area contributed by atoms with E-state index in [0.717, 1.165) is 30.4 Å². The molecular weight excluding hydrogens is 395 g/mol. The molecule has 2 aromatic carbocycles. The number of benzene rings is 2. The van der Waals surface area contributed by atoms with Crippen molar-refractivity contribution in [2.75, 3.05) is 12.4 Å². The molecule has 8 heteroatoms. The topological polar surface area (TPSA) is 80.0 Å². The first-order valence-corrected chi connectivity index (χ1v) is 11.5. The third-order valence-corrected chi connectivity index (χ3v) is 7.07. The summed E-state index contributed by atoms with van der Waals surface area (Å²) in [6.45, 7) is 0.638. The Hall–Kier alpha value is -2.00. The summed E-state index contributed by atoms with van der Waals surface area (Å²) in [7, 11) is -3.54. The van der Waals surface area contributed by atoms with Crippen molar-refractivity contribution in [1.29, 1.82) is 0 Å². The molecule has 2 aromatic rings. The second-order valence-electron chi connectivity index (χ2n) is 8.08. The SMILES string of the molecule is O=S(=O)(CC1CC1)NC1(Oc2cc3c(cc2F)CNC3Cc2ccccc2)CO1. The van der Waals surface area contributed by atoms with E-state index in [4.69, 9.17) is 9.47 Å². The summed E-state index contributed by atoms with van der Waals surface area (Å²) in [4.78, 5) is 0. The van der Waals surface area contributed by atoms with Gasteiger partial charge in [-0.2, -0.15) is 0 Å². The van der Waals surface area contributed by atoms with Crippen molar-refractivity contribution in [3.8, 4) is 5.75 Å². The van der Waals surface area contributed by atoms with Crippen molar-refractivity contribution in [3.05, 3.63) is 65.0 Å². The Morgan fingerprint density at radius 2 is 2.00 bits per heavy atom. The van der Waals surface area contributed by atoms with Crippen molar-refractivity contribution >= 4 is 10.0 Å². The summed E-state index contributed by atoms with van der Waals surface area (Å²) in [6.07, 6.45) is 2.62. The Morgan fingerprint density at radius 3 is 2.69 bits per heavy atom. The Kier molecular flexibility index (Phi) is 4.62. The second kappa shape index (κ2) is 7.05. The smallest absolute Gasteiger partial charge is 0.308 e. The number of halogens is 1. The molecule has 2 aliphatic heterocycles. The minimum absolute atomic E-state index is 0.00265. The normalized spacial score (nSPS) is 25.6. The predicted molar refractivity (Wildman–Crippen MR) is 105 cm³/mol. The molecule has 2 fully saturated rings. The molecule has 0 aromatic heterocycles. The molecule has 3 aliphatic rings. The van der Waals surface area contributed by atoms with Gasteiger partial charge in [0.05, 0.1) is 5.75 Å². The fraction of sp³-hybridized carbons (Fsp3) is 0.429. The summed E-state index contributed by atoms with van der Waals surface area (Å²) in [5.74, 6) is -1.77. The van der Waals surface area contributed by atoms with Crippen LogP contribution in [-0.2, 0) is 27.7 Å². The number of ether oxygens (including phenoxy) is 2. The summed E-state index contributed by atoms with van der Waals surface area (Å²) >= 11 is 0. The van der Waals surface area contributed by atoms with Gasteiger partial charge in [-0.05, 0) is 54.0 Å². The molecule has 0 spiro atoms. The molecule has 2 N–H and O–H groups in total. The minimum Gasteiger partial charge on any atom is -0.443 e. The first-order chi connectivity index (χ1) is 13.9. The quantitative estimate of drug-likeness (QED) is 0.509. The standard InChI is InChI=1S/C21H23FN2O4S/c22-18-9-16-11-23-19(8-14-4-2-1-3-5-14)17(16)10-20(18)28-21(13-27-21)24-29(25,26)12-15-6-7-15/h1-5,9-10,15,19,23-24H,6-8,11-13H2. The molecule has 2 atom stereocenters. The summed E-state index contributed by atoms with van der Waals surface area (Å²) in [6, 6.07) is 13.2. The first-order valence-electron chi connectivity index (χ1n) is 9.86.